The summed E-state index contributed by atoms with van der Waals surface area (Å²) >= 11 is 6.41. The second-order valence-electron chi connectivity index (χ2n) is 8.49. The minimum atomic E-state index is -0.546. The van der Waals surface area contributed by atoms with Gasteiger partial charge in [0, 0.05) is 24.0 Å². The van der Waals surface area contributed by atoms with Gasteiger partial charge in [-0.05, 0) is 54.2 Å². The molecule has 5 heteroatoms. The van der Waals surface area contributed by atoms with Crippen LogP contribution in [0.2, 0.25) is 5.02 Å². The highest BCUT2D eigenvalue weighted by molar-refractivity contribution is 6.31. The Morgan fingerprint density at radius 3 is 2.30 bits per heavy atom. The molecule has 4 nitrogen and oxygen atoms in total. The first-order chi connectivity index (χ1) is 15.9. The van der Waals surface area contributed by atoms with Crippen LogP contribution in [0.25, 0.3) is 10.8 Å². The summed E-state index contributed by atoms with van der Waals surface area (Å²) in [7, 11) is 0. The number of hydrogen-bond acceptors (Lipinski definition) is 2. The lowest BCUT2D eigenvalue weighted by molar-refractivity contribution is -0.141. The van der Waals surface area contributed by atoms with Gasteiger partial charge < -0.3 is 10.2 Å². The second kappa shape index (κ2) is 11.9. The molecule has 0 aliphatic carbocycles. The summed E-state index contributed by atoms with van der Waals surface area (Å²) in [5.41, 5.74) is 1.98. The molecular formula is C28H33ClN2O2. The molecule has 0 aliphatic rings. The summed E-state index contributed by atoms with van der Waals surface area (Å²) in [5, 5.41) is 5.97. The van der Waals surface area contributed by atoms with Gasteiger partial charge in [-0.2, -0.15) is 0 Å². The Labute approximate surface area is 201 Å². The van der Waals surface area contributed by atoms with Gasteiger partial charge in [0.15, 0.2) is 0 Å². The zero-order chi connectivity index (χ0) is 23.8. The third kappa shape index (κ3) is 6.35. The normalized spacial score (nSPS) is 12.8. The highest BCUT2D eigenvalue weighted by atomic mass is 35.5. The zero-order valence-electron chi connectivity index (χ0n) is 19.7. The SMILES string of the molecule is CC[C@H](C(=O)N[C@@H](C)CC)N(Cc1ccccc1Cl)C(=O)CCc1cccc2ccccc12. The van der Waals surface area contributed by atoms with Crippen molar-refractivity contribution in [2.75, 3.05) is 0 Å². The van der Waals surface area contributed by atoms with Crippen LogP contribution < -0.4 is 5.32 Å². The number of benzene rings is 3. The van der Waals surface area contributed by atoms with Crippen LogP contribution in [-0.2, 0) is 22.6 Å². The van der Waals surface area contributed by atoms with E-state index in [4.69, 9.17) is 11.6 Å². The molecule has 0 heterocycles. The van der Waals surface area contributed by atoms with Gasteiger partial charge in [-0.15, -0.1) is 0 Å². The topological polar surface area (TPSA) is 49.4 Å². The Bertz CT molecular complexity index is 1090. The fraction of sp³-hybridized carbons (Fsp3) is 0.357. The Morgan fingerprint density at radius 1 is 0.909 bits per heavy atom. The van der Waals surface area contributed by atoms with Gasteiger partial charge in [-0.3, -0.25) is 9.59 Å². The molecule has 174 valence electrons. The van der Waals surface area contributed by atoms with E-state index < -0.39 is 6.04 Å². The number of aryl methyl sites for hydroxylation is 1. The number of nitrogens with zero attached hydrogens (tertiary/aromatic N) is 1. The van der Waals surface area contributed by atoms with Crippen LogP contribution in [0.5, 0.6) is 0 Å². The largest absolute Gasteiger partial charge is 0.352 e. The Morgan fingerprint density at radius 2 is 1.58 bits per heavy atom. The molecule has 3 rings (SSSR count). The third-order valence-corrected chi connectivity index (χ3v) is 6.54. The molecule has 0 aliphatic heterocycles. The van der Waals surface area contributed by atoms with Crippen LogP contribution in [0.3, 0.4) is 0 Å². The van der Waals surface area contributed by atoms with Crippen molar-refractivity contribution < 1.29 is 9.59 Å². The second-order valence-corrected chi connectivity index (χ2v) is 8.90. The summed E-state index contributed by atoms with van der Waals surface area (Å²) in [5.74, 6) is -0.161. The predicted molar refractivity (Wildman–Crippen MR) is 136 cm³/mol. The van der Waals surface area contributed by atoms with Gasteiger partial charge in [-0.1, -0.05) is 86.1 Å². The van der Waals surface area contributed by atoms with E-state index in [9.17, 15) is 9.59 Å². The minimum absolute atomic E-state index is 0.0472. The van der Waals surface area contributed by atoms with Crippen molar-refractivity contribution in [2.45, 2.75) is 65.1 Å². The van der Waals surface area contributed by atoms with Crippen molar-refractivity contribution in [3.63, 3.8) is 0 Å². The maximum atomic E-state index is 13.5. The van der Waals surface area contributed by atoms with E-state index in [0.29, 0.717) is 30.8 Å². The van der Waals surface area contributed by atoms with Crippen LogP contribution in [0.15, 0.2) is 66.7 Å². The van der Waals surface area contributed by atoms with Crippen molar-refractivity contribution in [3.8, 4) is 0 Å². The lowest BCUT2D eigenvalue weighted by atomic mass is 10.00. The van der Waals surface area contributed by atoms with Crippen molar-refractivity contribution >= 4 is 34.2 Å². The van der Waals surface area contributed by atoms with Crippen LogP contribution in [0.1, 0.15) is 51.2 Å². The molecule has 2 atom stereocenters. The Balaban J connectivity index is 1.84. The number of amides is 2. The number of carbonyl (C=O) groups is 2. The van der Waals surface area contributed by atoms with Crippen LogP contribution in [-0.4, -0.2) is 28.8 Å². The van der Waals surface area contributed by atoms with Crippen LogP contribution in [0.4, 0.5) is 0 Å². The van der Waals surface area contributed by atoms with E-state index in [0.717, 1.165) is 28.3 Å². The Kier molecular flexibility index (Phi) is 8.90. The molecule has 33 heavy (non-hydrogen) atoms. The third-order valence-electron chi connectivity index (χ3n) is 6.17. The van der Waals surface area contributed by atoms with Gasteiger partial charge in [-0.25, -0.2) is 0 Å². The number of carbonyl (C=O) groups excluding carboxylic acids is 2. The van der Waals surface area contributed by atoms with E-state index in [1.54, 1.807) is 4.90 Å². The molecule has 0 spiro atoms. The average molecular weight is 465 g/mol. The van der Waals surface area contributed by atoms with Gasteiger partial charge in [0.1, 0.15) is 6.04 Å². The van der Waals surface area contributed by atoms with E-state index >= 15 is 0 Å². The lowest BCUT2D eigenvalue weighted by Gasteiger charge is -2.32. The molecule has 0 saturated heterocycles. The number of hydrogen-bond donors (Lipinski definition) is 1. The van der Waals surface area contributed by atoms with Gasteiger partial charge in [0.25, 0.3) is 0 Å². The van der Waals surface area contributed by atoms with Gasteiger partial charge in [0.05, 0.1) is 0 Å². The fourth-order valence-electron chi connectivity index (χ4n) is 4.07. The molecular weight excluding hydrogens is 432 g/mol. The number of halogens is 1. The quantitative estimate of drug-likeness (QED) is 0.391. The maximum Gasteiger partial charge on any atom is 0.243 e. The number of fused-ring (bicyclic) bond motifs is 1. The standard InChI is InChI=1S/C28H33ClN2O2/c1-4-20(3)30-28(33)26(5-2)31(19-23-12-7-9-16-25(23)29)27(32)18-17-22-14-10-13-21-11-6-8-15-24(21)22/h6-16,20,26H,4-5,17-19H2,1-3H3,(H,30,33)/t20-,26+/m0/s1. The highest BCUT2D eigenvalue weighted by Crippen LogP contribution is 2.23. The first-order valence-electron chi connectivity index (χ1n) is 11.7. The van der Waals surface area contributed by atoms with Crippen molar-refractivity contribution in [2.24, 2.45) is 0 Å². The van der Waals surface area contributed by atoms with E-state index in [1.807, 2.05) is 63.2 Å². The first kappa shape index (κ1) is 24.8. The smallest absolute Gasteiger partial charge is 0.243 e. The van der Waals surface area contributed by atoms with Crippen molar-refractivity contribution in [1.82, 2.24) is 10.2 Å². The predicted octanol–water partition coefficient (Wildman–Crippen LogP) is 6.15. The van der Waals surface area contributed by atoms with Crippen molar-refractivity contribution in [1.29, 1.82) is 0 Å². The number of nitrogens with one attached hydrogen (secondary N) is 1. The zero-order valence-corrected chi connectivity index (χ0v) is 20.4. The molecule has 0 fully saturated rings. The van der Waals surface area contributed by atoms with Gasteiger partial charge >= 0.3 is 0 Å². The molecule has 3 aromatic rings. The lowest BCUT2D eigenvalue weighted by Crippen LogP contribution is -2.50. The maximum absolute atomic E-state index is 13.5. The van der Waals surface area contributed by atoms with E-state index in [2.05, 4.69) is 29.6 Å². The molecule has 2 amide bonds. The molecule has 0 unspecified atom stereocenters. The molecule has 0 saturated carbocycles. The molecule has 0 bridgehead atoms. The molecule has 3 aromatic carbocycles. The van der Waals surface area contributed by atoms with Crippen molar-refractivity contribution in [3.05, 3.63) is 82.9 Å². The monoisotopic (exact) mass is 464 g/mol. The summed E-state index contributed by atoms with van der Waals surface area (Å²) in [6.45, 7) is 6.26. The highest BCUT2D eigenvalue weighted by Gasteiger charge is 2.29. The molecule has 1 N–H and O–H groups in total. The van der Waals surface area contributed by atoms with Crippen LogP contribution >= 0.6 is 11.6 Å². The summed E-state index contributed by atoms with van der Waals surface area (Å²) < 4.78 is 0. The van der Waals surface area contributed by atoms with Gasteiger partial charge in [0.2, 0.25) is 11.8 Å². The number of rotatable bonds is 10. The van der Waals surface area contributed by atoms with E-state index in [-0.39, 0.29) is 17.9 Å². The first-order valence-corrected chi connectivity index (χ1v) is 12.1. The molecule has 0 aromatic heterocycles. The minimum Gasteiger partial charge on any atom is -0.352 e. The Hall–Kier alpha value is -2.85. The average Bonchev–Trinajstić information content (AvgIpc) is 2.83. The molecule has 0 radical (unpaired) electrons. The summed E-state index contributed by atoms with van der Waals surface area (Å²) in [6, 6.07) is 21.4. The van der Waals surface area contributed by atoms with E-state index in [1.165, 1.54) is 0 Å². The fourth-order valence-corrected chi connectivity index (χ4v) is 4.26. The van der Waals surface area contributed by atoms with Crippen LogP contribution in [0, 0.1) is 0 Å². The summed E-state index contributed by atoms with van der Waals surface area (Å²) in [4.78, 5) is 28.3. The summed E-state index contributed by atoms with van der Waals surface area (Å²) in [6.07, 6.45) is 2.31.